The lowest BCUT2D eigenvalue weighted by Crippen LogP contribution is -2.35. The predicted octanol–water partition coefficient (Wildman–Crippen LogP) is 4.32. The zero-order chi connectivity index (χ0) is 20.4. The van der Waals surface area contributed by atoms with Crippen molar-refractivity contribution in [2.24, 2.45) is 0 Å². The third-order valence-corrected chi connectivity index (χ3v) is 8.35. The van der Waals surface area contributed by atoms with Gasteiger partial charge < -0.3 is 0 Å². The number of rotatable bonds is 7. The summed E-state index contributed by atoms with van der Waals surface area (Å²) in [5, 5.41) is 0. The Morgan fingerprint density at radius 3 is 2.26 bits per heavy atom. The van der Waals surface area contributed by atoms with Crippen molar-refractivity contribution < 1.29 is 16.8 Å². The van der Waals surface area contributed by atoms with E-state index >= 15 is 0 Å². The number of hydrogen-bond donors (Lipinski definition) is 0. The summed E-state index contributed by atoms with van der Waals surface area (Å²) >= 11 is 3.49. The van der Waals surface area contributed by atoms with Gasteiger partial charge in [0, 0.05) is 23.3 Å². The molecular weight excluding hydrogens is 450 g/mol. The molecule has 2 aromatic carbocycles. The van der Waals surface area contributed by atoms with Gasteiger partial charge in [0.2, 0.25) is 10.0 Å². The number of halogens is 1. The highest BCUT2D eigenvalue weighted by molar-refractivity contribution is 9.10. The van der Waals surface area contributed by atoms with Crippen LogP contribution in [0.15, 0.2) is 56.7 Å². The molecule has 0 fully saturated rings. The summed E-state index contributed by atoms with van der Waals surface area (Å²) < 4.78 is 53.0. The first-order valence-electron chi connectivity index (χ1n) is 8.57. The fraction of sp³-hybridized carbons (Fsp3) is 0.368. The molecule has 5 nitrogen and oxygen atoms in total. The van der Waals surface area contributed by atoms with Gasteiger partial charge in [-0.05, 0) is 49.6 Å². The summed E-state index contributed by atoms with van der Waals surface area (Å²) in [7, 11) is -7.40. The summed E-state index contributed by atoms with van der Waals surface area (Å²) in [4.78, 5) is 0.0226. The SMILES string of the molecule is CCCN(C(C)c1ccccc1Br)S(=O)(=O)c1cc(S(C)(=O)=O)ccc1C. The van der Waals surface area contributed by atoms with Crippen LogP contribution in [0.25, 0.3) is 0 Å². The lowest BCUT2D eigenvalue weighted by atomic mass is 10.1. The minimum atomic E-state index is -3.89. The highest BCUT2D eigenvalue weighted by Gasteiger charge is 2.32. The van der Waals surface area contributed by atoms with Crippen LogP contribution >= 0.6 is 15.9 Å². The molecule has 0 aliphatic heterocycles. The van der Waals surface area contributed by atoms with Crippen molar-refractivity contribution in [3.05, 3.63) is 58.1 Å². The number of nitrogens with zero attached hydrogens (tertiary/aromatic N) is 1. The third kappa shape index (κ3) is 4.80. The fourth-order valence-corrected chi connectivity index (χ4v) is 6.22. The van der Waals surface area contributed by atoms with E-state index in [2.05, 4.69) is 15.9 Å². The molecule has 0 N–H and O–H groups in total. The van der Waals surface area contributed by atoms with Crippen molar-refractivity contribution in [3.63, 3.8) is 0 Å². The Kier molecular flexibility index (Phi) is 6.89. The summed E-state index contributed by atoms with van der Waals surface area (Å²) in [5.41, 5.74) is 1.37. The van der Waals surface area contributed by atoms with Gasteiger partial charge in [-0.25, -0.2) is 16.8 Å². The van der Waals surface area contributed by atoms with Crippen LogP contribution in [0.2, 0.25) is 0 Å². The van der Waals surface area contributed by atoms with Gasteiger partial charge >= 0.3 is 0 Å². The first-order valence-corrected chi connectivity index (χ1v) is 12.7. The van der Waals surface area contributed by atoms with Crippen LogP contribution in [0.4, 0.5) is 0 Å². The van der Waals surface area contributed by atoms with Gasteiger partial charge in [-0.3, -0.25) is 0 Å². The number of sulfonamides is 1. The maximum atomic E-state index is 13.5. The zero-order valence-electron chi connectivity index (χ0n) is 15.8. The Morgan fingerprint density at radius 2 is 1.70 bits per heavy atom. The molecule has 0 aliphatic rings. The van der Waals surface area contributed by atoms with Crippen LogP contribution in [-0.4, -0.2) is 33.9 Å². The molecule has 8 heteroatoms. The average Bonchev–Trinajstić information content (AvgIpc) is 2.58. The molecule has 0 saturated carbocycles. The van der Waals surface area contributed by atoms with Gasteiger partial charge in [0.15, 0.2) is 9.84 Å². The van der Waals surface area contributed by atoms with Gasteiger partial charge in [-0.1, -0.05) is 47.1 Å². The zero-order valence-corrected chi connectivity index (χ0v) is 19.0. The molecule has 2 aromatic rings. The first kappa shape index (κ1) is 22.1. The molecule has 0 spiro atoms. The molecule has 148 valence electrons. The summed E-state index contributed by atoms with van der Waals surface area (Å²) in [5.74, 6) is 0. The van der Waals surface area contributed by atoms with E-state index in [4.69, 9.17) is 0 Å². The Morgan fingerprint density at radius 1 is 1.07 bits per heavy atom. The molecule has 1 atom stereocenters. The van der Waals surface area contributed by atoms with E-state index in [9.17, 15) is 16.8 Å². The predicted molar refractivity (Wildman–Crippen MR) is 111 cm³/mol. The molecule has 0 bridgehead atoms. The van der Waals surface area contributed by atoms with Crippen molar-refractivity contribution in [2.75, 3.05) is 12.8 Å². The van der Waals surface area contributed by atoms with E-state index < -0.39 is 25.9 Å². The summed E-state index contributed by atoms with van der Waals surface area (Å²) in [6.07, 6.45) is 1.71. The maximum Gasteiger partial charge on any atom is 0.243 e. The van der Waals surface area contributed by atoms with E-state index in [0.29, 0.717) is 18.5 Å². The Balaban J connectivity index is 2.62. The number of hydrogen-bond acceptors (Lipinski definition) is 4. The molecular formula is C19H24BrNO4S2. The second-order valence-corrected chi connectivity index (χ2v) is 11.2. The summed E-state index contributed by atoms with van der Waals surface area (Å²) in [6, 6.07) is 11.3. The van der Waals surface area contributed by atoms with Gasteiger partial charge in [0.1, 0.15) is 0 Å². The molecule has 0 radical (unpaired) electrons. The largest absolute Gasteiger partial charge is 0.243 e. The monoisotopic (exact) mass is 473 g/mol. The second-order valence-electron chi connectivity index (χ2n) is 6.51. The molecule has 1 unspecified atom stereocenters. The standard InChI is InChI=1S/C19H24BrNO4S2/c1-5-12-21(15(3)17-8-6-7-9-18(17)20)27(24,25)19-13-16(26(4,22)23)11-10-14(19)2/h6-11,13,15H,5,12H2,1-4H3. The summed E-state index contributed by atoms with van der Waals surface area (Å²) in [6.45, 7) is 5.75. The fourth-order valence-electron chi connectivity index (χ4n) is 2.93. The molecule has 2 rings (SSSR count). The lowest BCUT2D eigenvalue weighted by molar-refractivity contribution is 0.341. The van der Waals surface area contributed by atoms with Crippen LogP contribution in [0.1, 0.15) is 37.4 Å². The Labute approximate surface area is 170 Å². The van der Waals surface area contributed by atoms with Crippen LogP contribution in [-0.2, 0) is 19.9 Å². The minimum absolute atomic E-state index is 0.00309. The van der Waals surface area contributed by atoms with Crippen molar-refractivity contribution in [1.82, 2.24) is 4.31 Å². The van der Waals surface area contributed by atoms with Crippen molar-refractivity contribution in [2.45, 2.75) is 43.0 Å². The van der Waals surface area contributed by atoms with E-state index in [-0.39, 0.29) is 9.79 Å². The van der Waals surface area contributed by atoms with Gasteiger partial charge in [0.25, 0.3) is 0 Å². The van der Waals surface area contributed by atoms with Crippen molar-refractivity contribution >= 4 is 35.8 Å². The second kappa shape index (κ2) is 8.43. The van der Waals surface area contributed by atoms with E-state index in [1.54, 1.807) is 6.92 Å². The van der Waals surface area contributed by atoms with E-state index in [0.717, 1.165) is 16.3 Å². The molecule has 0 aromatic heterocycles. The Bertz CT molecular complexity index is 1030. The highest BCUT2D eigenvalue weighted by Crippen LogP contribution is 2.33. The maximum absolute atomic E-state index is 13.5. The highest BCUT2D eigenvalue weighted by atomic mass is 79.9. The van der Waals surface area contributed by atoms with E-state index in [1.807, 2.05) is 38.1 Å². The molecule has 0 saturated heterocycles. The minimum Gasteiger partial charge on any atom is -0.224 e. The number of aryl methyl sites for hydroxylation is 1. The van der Waals surface area contributed by atoms with Crippen molar-refractivity contribution in [3.8, 4) is 0 Å². The molecule has 0 heterocycles. The van der Waals surface area contributed by atoms with Gasteiger partial charge in [-0.15, -0.1) is 0 Å². The molecule has 0 aliphatic carbocycles. The van der Waals surface area contributed by atoms with Crippen LogP contribution in [0, 0.1) is 6.92 Å². The average molecular weight is 474 g/mol. The first-order chi connectivity index (χ1) is 12.5. The smallest absolute Gasteiger partial charge is 0.224 e. The van der Waals surface area contributed by atoms with Crippen LogP contribution in [0.3, 0.4) is 0 Å². The Hall–Kier alpha value is -1.22. The van der Waals surface area contributed by atoms with Crippen LogP contribution in [0.5, 0.6) is 0 Å². The lowest BCUT2D eigenvalue weighted by Gasteiger charge is -2.29. The normalized spacial score (nSPS) is 13.7. The number of benzene rings is 2. The van der Waals surface area contributed by atoms with Gasteiger partial charge in [0.05, 0.1) is 9.79 Å². The molecule has 27 heavy (non-hydrogen) atoms. The number of sulfone groups is 1. The van der Waals surface area contributed by atoms with Crippen molar-refractivity contribution in [1.29, 1.82) is 0 Å². The van der Waals surface area contributed by atoms with E-state index in [1.165, 1.54) is 22.5 Å². The van der Waals surface area contributed by atoms with Crippen LogP contribution < -0.4 is 0 Å². The quantitative estimate of drug-likeness (QED) is 0.599. The van der Waals surface area contributed by atoms with Gasteiger partial charge in [-0.2, -0.15) is 4.31 Å². The third-order valence-electron chi connectivity index (χ3n) is 4.41. The topological polar surface area (TPSA) is 71.5 Å². The molecule has 0 amide bonds.